The standard InChI is InChI=1S/C17H23N3O5S/c1-3-20(4-2)26(24,25)11-16(21)19-15(17(22)23)9-12-10-18-14-8-6-5-7-13(12)14/h5-8,10,15,18H,3-4,9,11H2,1-2H3,(H,19,21)(H,22,23). The first-order valence-corrected chi connectivity index (χ1v) is 9.94. The van der Waals surface area contributed by atoms with Gasteiger partial charge < -0.3 is 15.4 Å². The molecule has 1 aromatic carbocycles. The Hall–Kier alpha value is -2.39. The van der Waals surface area contributed by atoms with E-state index < -0.39 is 33.7 Å². The highest BCUT2D eigenvalue weighted by atomic mass is 32.2. The van der Waals surface area contributed by atoms with Crippen molar-refractivity contribution in [1.29, 1.82) is 0 Å². The van der Waals surface area contributed by atoms with Crippen LogP contribution in [0.15, 0.2) is 30.5 Å². The molecule has 26 heavy (non-hydrogen) atoms. The van der Waals surface area contributed by atoms with Crippen molar-refractivity contribution in [1.82, 2.24) is 14.6 Å². The SMILES string of the molecule is CCN(CC)S(=O)(=O)CC(=O)NC(Cc1c[nH]c2ccccc12)C(=O)O. The molecule has 9 heteroatoms. The number of carbonyl (C=O) groups excluding carboxylic acids is 1. The second kappa shape index (κ2) is 8.33. The average molecular weight is 381 g/mol. The number of carbonyl (C=O) groups is 2. The van der Waals surface area contributed by atoms with E-state index in [2.05, 4.69) is 10.3 Å². The Morgan fingerprint density at radius 3 is 2.50 bits per heavy atom. The third-order valence-electron chi connectivity index (χ3n) is 4.14. The minimum absolute atomic E-state index is 0.0520. The van der Waals surface area contributed by atoms with Crippen molar-refractivity contribution in [3.8, 4) is 0 Å². The third kappa shape index (κ3) is 4.61. The van der Waals surface area contributed by atoms with Gasteiger partial charge in [-0.1, -0.05) is 32.0 Å². The number of H-pyrrole nitrogens is 1. The Morgan fingerprint density at radius 1 is 1.23 bits per heavy atom. The Labute approximate surface area is 152 Å². The molecule has 0 fully saturated rings. The molecule has 1 aromatic heterocycles. The van der Waals surface area contributed by atoms with Crippen molar-refractivity contribution in [3.63, 3.8) is 0 Å². The number of fused-ring (bicyclic) bond motifs is 1. The van der Waals surface area contributed by atoms with Crippen LogP contribution in [-0.4, -0.2) is 59.6 Å². The van der Waals surface area contributed by atoms with Crippen LogP contribution in [0.25, 0.3) is 10.9 Å². The Balaban J connectivity index is 2.11. The van der Waals surface area contributed by atoms with Crippen molar-refractivity contribution in [3.05, 3.63) is 36.0 Å². The zero-order valence-electron chi connectivity index (χ0n) is 14.7. The smallest absolute Gasteiger partial charge is 0.326 e. The number of carboxylic acid groups (broad SMARTS) is 1. The molecule has 8 nitrogen and oxygen atoms in total. The van der Waals surface area contributed by atoms with Crippen molar-refractivity contribution in [2.24, 2.45) is 0 Å². The average Bonchev–Trinajstić information content (AvgIpc) is 2.97. The number of hydrogen-bond donors (Lipinski definition) is 3. The molecular weight excluding hydrogens is 358 g/mol. The summed E-state index contributed by atoms with van der Waals surface area (Å²) in [4.78, 5) is 26.7. The molecule has 0 saturated carbocycles. The lowest BCUT2D eigenvalue weighted by Gasteiger charge is -2.19. The summed E-state index contributed by atoms with van der Waals surface area (Å²) in [5.74, 6) is -2.82. The molecule has 0 aliphatic rings. The molecule has 0 aliphatic carbocycles. The van der Waals surface area contributed by atoms with Gasteiger partial charge in [0.1, 0.15) is 11.8 Å². The first-order chi connectivity index (χ1) is 12.3. The Kier molecular flexibility index (Phi) is 6.38. The maximum Gasteiger partial charge on any atom is 0.326 e. The summed E-state index contributed by atoms with van der Waals surface area (Å²) in [5, 5.41) is 12.6. The highest BCUT2D eigenvalue weighted by Gasteiger charge is 2.27. The third-order valence-corrected chi connectivity index (χ3v) is 6.07. The van der Waals surface area contributed by atoms with Crippen molar-refractivity contribution in [2.45, 2.75) is 26.3 Å². The van der Waals surface area contributed by atoms with Gasteiger partial charge in [0.05, 0.1) is 0 Å². The molecule has 0 spiro atoms. The summed E-state index contributed by atoms with van der Waals surface area (Å²) in [5.41, 5.74) is 1.60. The zero-order chi connectivity index (χ0) is 19.3. The van der Waals surface area contributed by atoms with Crippen LogP contribution in [0.2, 0.25) is 0 Å². The number of aromatic amines is 1. The van der Waals surface area contributed by atoms with E-state index in [0.717, 1.165) is 16.5 Å². The van der Waals surface area contributed by atoms with Gasteiger partial charge >= 0.3 is 5.97 Å². The highest BCUT2D eigenvalue weighted by Crippen LogP contribution is 2.19. The predicted molar refractivity (Wildman–Crippen MR) is 98.3 cm³/mol. The van der Waals surface area contributed by atoms with E-state index in [1.807, 2.05) is 24.3 Å². The van der Waals surface area contributed by atoms with Gasteiger partial charge in [-0.25, -0.2) is 17.5 Å². The van der Waals surface area contributed by atoms with Crippen LogP contribution in [0.4, 0.5) is 0 Å². The van der Waals surface area contributed by atoms with E-state index in [1.165, 1.54) is 4.31 Å². The number of hydrogen-bond acceptors (Lipinski definition) is 4. The Morgan fingerprint density at radius 2 is 1.88 bits per heavy atom. The molecule has 0 radical (unpaired) electrons. The van der Waals surface area contributed by atoms with Crippen LogP contribution in [0, 0.1) is 0 Å². The predicted octanol–water partition coefficient (Wildman–Crippen LogP) is 0.951. The summed E-state index contributed by atoms with van der Waals surface area (Å²) < 4.78 is 25.5. The Bertz CT molecular complexity index is 887. The lowest BCUT2D eigenvalue weighted by atomic mass is 10.1. The van der Waals surface area contributed by atoms with Crippen molar-refractivity contribution < 1.29 is 23.1 Å². The lowest BCUT2D eigenvalue weighted by molar-refractivity contribution is -0.141. The number of sulfonamides is 1. The number of aromatic nitrogens is 1. The molecule has 142 valence electrons. The minimum Gasteiger partial charge on any atom is -0.480 e. The number of nitrogens with zero attached hydrogens (tertiary/aromatic N) is 1. The summed E-state index contributed by atoms with van der Waals surface area (Å²) in [6, 6.07) is 6.20. The molecule has 1 heterocycles. The topological polar surface area (TPSA) is 120 Å². The maximum absolute atomic E-state index is 12.2. The quantitative estimate of drug-likeness (QED) is 0.597. The van der Waals surface area contributed by atoms with E-state index in [1.54, 1.807) is 20.0 Å². The number of amides is 1. The molecule has 0 aliphatic heterocycles. The van der Waals surface area contributed by atoms with Crippen molar-refractivity contribution >= 4 is 32.8 Å². The maximum atomic E-state index is 12.2. The zero-order valence-corrected chi connectivity index (χ0v) is 15.5. The van der Waals surface area contributed by atoms with E-state index in [-0.39, 0.29) is 19.5 Å². The largest absolute Gasteiger partial charge is 0.480 e. The second-order valence-electron chi connectivity index (χ2n) is 5.86. The van der Waals surface area contributed by atoms with Gasteiger partial charge in [0.25, 0.3) is 0 Å². The van der Waals surface area contributed by atoms with Gasteiger partial charge in [-0.2, -0.15) is 0 Å². The van der Waals surface area contributed by atoms with Crippen LogP contribution < -0.4 is 5.32 Å². The molecule has 1 unspecified atom stereocenters. The molecule has 1 atom stereocenters. The van der Waals surface area contributed by atoms with Gasteiger partial charge in [0.15, 0.2) is 0 Å². The number of para-hydroxylation sites is 1. The van der Waals surface area contributed by atoms with Crippen LogP contribution in [0.1, 0.15) is 19.4 Å². The number of carboxylic acids is 1. The van der Waals surface area contributed by atoms with Crippen LogP contribution in [0.3, 0.4) is 0 Å². The number of nitrogens with one attached hydrogen (secondary N) is 2. The first kappa shape index (κ1) is 19.9. The molecular formula is C17H23N3O5S. The normalized spacial score (nSPS) is 13.0. The molecule has 2 rings (SSSR count). The molecule has 0 bridgehead atoms. The molecule has 1 amide bonds. The number of benzene rings is 1. The molecule has 2 aromatic rings. The monoisotopic (exact) mass is 381 g/mol. The van der Waals surface area contributed by atoms with Gasteiger partial charge in [0.2, 0.25) is 15.9 Å². The van der Waals surface area contributed by atoms with Crippen LogP contribution in [-0.2, 0) is 26.0 Å². The fourth-order valence-electron chi connectivity index (χ4n) is 2.83. The highest BCUT2D eigenvalue weighted by molar-refractivity contribution is 7.89. The van der Waals surface area contributed by atoms with Gasteiger partial charge in [-0.05, 0) is 11.6 Å². The summed E-state index contributed by atoms with van der Waals surface area (Å²) >= 11 is 0. The van der Waals surface area contributed by atoms with E-state index in [4.69, 9.17) is 0 Å². The summed E-state index contributed by atoms with van der Waals surface area (Å²) in [6.07, 6.45) is 1.75. The summed E-state index contributed by atoms with van der Waals surface area (Å²) in [7, 11) is -3.77. The van der Waals surface area contributed by atoms with Crippen molar-refractivity contribution in [2.75, 3.05) is 18.8 Å². The number of rotatable bonds is 9. The van der Waals surface area contributed by atoms with Gasteiger partial charge in [-0.15, -0.1) is 0 Å². The first-order valence-electron chi connectivity index (χ1n) is 8.33. The lowest BCUT2D eigenvalue weighted by Crippen LogP contribution is -2.46. The fourth-order valence-corrected chi connectivity index (χ4v) is 4.21. The minimum atomic E-state index is -3.77. The molecule has 0 saturated heterocycles. The van der Waals surface area contributed by atoms with Gasteiger partial charge in [0, 0.05) is 36.6 Å². The second-order valence-corrected chi connectivity index (χ2v) is 7.83. The van der Waals surface area contributed by atoms with E-state index in [9.17, 15) is 23.1 Å². The molecule has 3 N–H and O–H groups in total. The van der Waals surface area contributed by atoms with E-state index in [0.29, 0.717) is 0 Å². The van der Waals surface area contributed by atoms with E-state index >= 15 is 0 Å². The van der Waals surface area contributed by atoms with Crippen LogP contribution >= 0.6 is 0 Å². The fraction of sp³-hybridized carbons (Fsp3) is 0.412. The van der Waals surface area contributed by atoms with Crippen LogP contribution in [0.5, 0.6) is 0 Å². The number of aliphatic carboxylic acids is 1. The summed E-state index contributed by atoms with van der Waals surface area (Å²) in [6.45, 7) is 3.86. The van der Waals surface area contributed by atoms with Gasteiger partial charge in [-0.3, -0.25) is 4.79 Å².